The van der Waals surface area contributed by atoms with Gasteiger partial charge >= 0.3 is 0 Å². The topological polar surface area (TPSA) is 26.0 Å². The average molecular weight is 217 g/mol. The van der Waals surface area contributed by atoms with E-state index in [2.05, 4.69) is 45.0 Å². The van der Waals surface area contributed by atoms with Crippen molar-refractivity contribution in [2.45, 2.75) is 51.5 Å². The van der Waals surface area contributed by atoms with Gasteiger partial charge in [0.1, 0.15) is 0 Å². The largest absolute Gasteiger partial charge is 0.327 e. The second-order valence-corrected chi connectivity index (χ2v) is 5.54. The molecular formula is C15H23N. The summed E-state index contributed by atoms with van der Waals surface area (Å²) in [6.45, 7) is 6.78. The molecule has 1 aromatic carbocycles. The first-order valence-corrected chi connectivity index (χ1v) is 6.45. The Labute approximate surface area is 99.0 Å². The first-order valence-electron chi connectivity index (χ1n) is 6.45. The van der Waals surface area contributed by atoms with Gasteiger partial charge in [-0.25, -0.2) is 0 Å². The maximum Gasteiger partial charge on any atom is 0.0131 e. The molecule has 0 radical (unpaired) electrons. The van der Waals surface area contributed by atoms with Crippen LogP contribution in [-0.4, -0.2) is 6.04 Å². The van der Waals surface area contributed by atoms with E-state index in [1.54, 1.807) is 0 Å². The molecule has 1 heteroatoms. The van der Waals surface area contributed by atoms with Gasteiger partial charge in [-0.3, -0.25) is 0 Å². The normalized spacial score (nSPS) is 26.6. The first kappa shape index (κ1) is 11.7. The van der Waals surface area contributed by atoms with Crippen molar-refractivity contribution in [2.24, 2.45) is 11.7 Å². The molecule has 0 bridgehead atoms. The maximum absolute atomic E-state index is 6.35. The van der Waals surface area contributed by atoms with E-state index >= 15 is 0 Å². The molecule has 0 spiro atoms. The third kappa shape index (κ3) is 2.01. The molecule has 1 aliphatic carbocycles. The van der Waals surface area contributed by atoms with Crippen LogP contribution in [0.4, 0.5) is 0 Å². The van der Waals surface area contributed by atoms with Gasteiger partial charge in [-0.1, -0.05) is 45.0 Å². The lowest BCUT2D eigenvalue weighted by atomic mass is 9.72. The second kappa shape index (κ2) is 4.58. The van der Waals surface area contributed by atoms with Crippen LogP contribution in [0.25, 0.3) is 0 Å². The van der Waals surface area contributed by atoms with Crippen LogP contribution in [0.1, 0.15) is 56.6 Å². The Bertz CT molecular complexity index is 356. The summed E-state index contributed by atoms with van der Waals surface area (Å²) < 4.78 is 0. The van der Waals surface area contributed by atoms with E-state index in [0.29, 0.717) is 23.8 Å². The molecule has 88 valence electrons. The van der Waals surface area contributed by atoms with E-state index in [1.807, 2.05) is 0 Å². The third-order valence-electron chi connectivity index (χ3n) is 4.07. The van der Waals surface area contributed by atoms with E-state index in [0.717, 1.165) is 0 Å². The SMILES string of the molecule is CC1CCC(C(N)C(C)C)c2ccccc21. The smallest absolute Gasteiger partial charge is 0.0131 e. The Kier molecular flexibility index (Phi) is 3.34. The Morgan fingerprint density at radius 2 is 1.75 bits per heavy atom. The summed E-state index contributed by atoms with van der Waals surface area (Å²) in [6.07, 6.45) is 2.53. The summed E-state index contributed by atoms with van der Waals surface area (Å²) in [5.74, 6) is 1.82. The molecule has 0 amide bonds. The molecule has 2 N–H and O–H groups in total. The monoisotopic (exact) mass is 217 g/mol. The fourth-order valence-corrected chi connectivity index (χ4v) is 2.90. The zero-order valence-corrected chi connectivity index (χ0v) is 10.6. The van der Waals surface area contributed by atoms with E-state index in [-0.39, 0.29) is 0 Å². The molecule has 1 nitrogen and oxygen atoms in total. The van der Waals surface area contributed by atoms with Crippen molar-refractivity contribution in [1.82, 2.24) is 0 Å². The maximum atomic E-state index is 6.35. The zero-order chi connectivity index (χ0) is 11.7. The van der Waals surface area contributed by atoms with Crippen molar-refractivity contribution in [2.75, 3.05) is 0 Å². The highest BCUT2D eigenvalue weighted by atomic mass is 14.7. The Morgan fingerprint density at radius 3 is 2.38 bits per heavy atom. The van der Waals surface area contributed by atoms with Crippen LogP contribution in [0.2, 0.25) is 0 Å². The lowest BCUT2D eigenvalue weighted by molar-refractivity contribution is 0.367. The van der Waals surface area contributed by atoms with Gasteiger partial charge in [-0.2, -0.15) is 0 Å². The van der Waals surface area contributed by atoms with Crippen molar-refractivity contribution < 1.29 is 0 Å². The van der Waals surface area contributed by atoms with Crippen molar-refractivity contribution in [3.05, 3.63) is 35.4 Å². The van der Waals surface area contributed by atoms with Crippen LogP contribution in [-0.2, 0) is 0 Å². The first-order chi connectivity index (χ1) is 7.61. The molecule has 0 heterocycles. The minimum atomic E-state index is 0.300. The predicted molar refractivity (Wildman–Crippen MR) is 69.6 cm³/mol. The molecule has 3 unspecified atom stereocenters. The zero-order valence-electron chi connectivity index (χ0n) is 10.6. The summed E-state index contributed by atoms with van der Waals surface area (Å²) in [5, 5.41) is 0. The van der Waals surface area contributed by atoms with E-state index in [1.165, 1.54) is 24.0 Å². The fourth-order valence-electron chi connectivity index (χ4n) is 2.90. The van der Waals surface area contributed by atoms with Crippen molar-refractivity contribution in [1.29, 1.82) is 0 Å². The second-order valence-electron chi connectivity index (χ2n) is 5.54. The molecule has 2 rings (SSSR count). The number of nitrogens with two attached hydrogens (primary N) is 1. The quantitative estimate of drug-likeness (QED) is 0.804. The highest BCUT2D eigenvalue weighted by Crippen LogP contribution is 2.40. The molecule has 1 aliphatic rings. The lowest BCUT2D eigenvalue weighted by Gasteiger charge is -2.35. The van der Waals surface area contributed by atoms with Gasteiger partial charge in [0.25, 0.3) is 0 Å². The predicted octanol–water partition coefficient (Wildman–Crippen LogP) is 3.65. The summed E-state index contributed by atoms with van der Waals surface area (Å²) in [5.41, 5.74) is 9.38. The van der Waals surface area contributed by atoms with Crippen molar-refractivity contribution >= 4 is 0 Å². The number of fused-ring (bicyclic) bond motifs is 1. The van der Waals surface area contributed by atoms with Gasteiger partial charge in [0.05, 0.1) is 0 Å². The Balaban J connectivity index is 2.34. The minimum Gasteiger partial charge on any atom is -0.327 e. The van der Waals surface area contributed by atoms with Gasteiger partial charge in [0, 0.05) is 6.04 Å². The average Bonchev–Trinajstić information content (AvgIpc) is 2.29. The summed E-state index contributed by atoms with van der Waals surface area (Å²) in [4.78, 5) is 0. The Hall–Kier alpha value is -0.820. The van der Waals surface area contributed by atoms with Crippen LogP contribution < -0.4 is 5.73 Å². The minimum absolute atomic E-state index is 0.300. The standard InChI is InChI=1S/C15H23N/c1-10(2)15(16)14-9-8-11(3)12-6-4-5-7-13(12)14/h4-7,10-11,14-15H,8-9,16H2,1-3H3. The molecule has 0 saturated heterocycles. The van der Waals surface area contributed by atoms with Crippen LogP contribution in [0, 0.1) is 5.92 Å². The Morgan fingerprint density at radius 1 is 1.12 bits per heavy atom. The number of hydrogen-bond donors (Lipinski definition) is 1. The summed E-state index contributed by atoms with van der Waals surface area (Å²) >= 11 is 0. The molecule has 16 heavy (non-hydrogen) atoms. The van der Waals surface area contributed by atoms with Crippen LogP contribution >= 0.6 is 0 Å². The van der Waals surface area contributed by atoms with Crippen LogP contribution in [0.15, 0.2) is 24.3 Å². The van der Waals surface area contributed by atoms with Crippen molar-refractivity contribution in [3.8, 4) is 0 Å². The number of benzene rings is 1. The molecule has 0 aromatic heterocycles. The van der Waals surface area contributed by atoms with Gasteiger partial charge in [0.2, 0.25) is 0 Å². The molecule has 0 fully saturated rings. The molecule has 3 atom stereocenters. The van der Waals surface area contributed by atoms with E-state index < -0.39 is 0 Å². The van der Waals surface area contributed by atoms with Crippen LogP contribution in [0.5, 0.6) is 0 Å². The van der Waals surface area contributed by atoms with Gasteiger partial charge in [-0.15, -0.1) is 0 Å². The van der Waals surface area contributed by atoms with Crippen LogP contribution in [0.3, 0.4) is 0 Å². The van der Waals surface area contributed by atoms with E-state index in [4.69, 9.17) is 5.73 Å². The molecule has 1 aromatic rings. The molecule has 0 saturated carbocycles. The summed E-state index contributed by atoms with van der Waals surface area (Å²) in [7, 11) is 0. The summed E-state index contributed by atoms with van der Waals surface area (Å²) in [6, 6.07) is 9.15. The number of hydrogen-bond acceptors (Lipinski definition) is 1. The van der Waals surface area contributed by atoms with Crippen molar-refractivity contribution in [3.63, 3.8) is 0 Å². The highest BCUT2D eigenvalue weighted by Gasteiger charge is 2.29. The van der Waals surface area contributed by atoms with Gasteiger partial charge in [-0.05, 0) is 41.7 Å². The molecular weight excluding hydrogens is 194 g/mol. The molecule has 0 aliphatic heterocycles. The highest BCUT2D eigenvalue weighted by molar-refractivity contribution is 5.36. The third-order valence-corrected chi connectivity index (χ3v) is 4.07. The van der Waals surface area contributed by atoms with E-state index in [9.17, 15) is 0 Å². The number of rotatable bonds is 2. The van der Waals surface area contributed by atoms with Gasteiger partial charge in [0.15, 0.2) is 0 Å². The van der Waals surface area contributed by atoms with Gasteiger partial charge < -0.3 is 5.73 Å². The lowest BCUT2D eigenvalue weighted by Crippen LogP contribution is -2.35. The fraction of sp³-hybridized carbons (Fsp3) is 0.600.